The smallest absolute Gasteiger partial charge is 0.256 e. The summed E-state index contributed by atoms with van der Waals surface area (Å²) in [7, 11) is 1.63. The first kappa shape index (κ1) is 8.69. The highest BCUT2D eigenvalue weighted by atomic mass is 16.5. The Morgan fingerprint density at radius 1 is 1.50 bits per heavy atom. The van der Waals surface area contributed by atoms with E-state index >= 15 is 0 Å². The first-order valence-electron chi connectivity index (χ1n) is 3.64. The molecule has 0 aliphatic carbocycles. The van der Waals surface area contributed by atoms with Gasteiger partial charge in [-0.15, -0.1) is 0 Å². The standard InChI is InChI=1S/C9H10N2O/c1-10-6-8-4-3-5-9(11-8)7-12-2/h3-5H,6-7H2,2H3. The lowest BCUT2D eigenvalue weighted by molar-refractivity contribution is 0.181. The highest BCUT2D eigenvalue weighted by Gasteiger charge is 1.98. The average molecular weight is 162 g/mol. The summed E-state index contributed by atoms with van der Waals surface area (Å²) in [6.07, 6.45) is 0. The van der Waals surface area contributed by atoms with Gasteiger partial charge in [-0.3, -0.25) is 0 Å². The number of pyridine rings is 1. The van der Waals surface area contributed by atoms with E-state index in [2.05, 4.69) is 9.83 Å². The SMILES string of the molecule is [C-]#[N+]Cc1cccc(COC)n1. The van der Waals surface area contributed by atoms with E-state index in [0.717, 1.165) is 11.4 Å². The zero-order valence-corrected chi connectivity index (χ0v) is 6.95. The molecule has 0 atom stereocenters. The molecule has 0 amide bonds. The number of hydrogen-bond acceptors (Lipinski definition) is 2. The van der Waals surface area contributed by atoms with Gasteiger partial charge < -0.3 is 9.58 Å². The number of nitrogens with zero attached hydrogens (tertiary/aromatic N) is 2. The van der Waals surface area contributed by atoms with Crippen LogP contribution in [0.4, 0.5) is 0 Å². The van der Waals surface area contributed by atoms with Crippen LogP contribution in [-0.2, 0) is 17.9 Å². The molecule has 0 saturated heterocycles. The monoisotopic (exact) mass is 162 g/mol. The molecule has 0 saturated carbocycles. The van der Waals surface area contributed by atoms with Crippen LogP contribution in [-0.4, -0.2) is 12.1 Å². The number of methoxy groups -OCH3 is 1. The Hall–Kier alpha value is -1.40. The summed E-state index contributed by atoms with van der Waals surface area (Å²) in [5.41, 5.74) is 1.68. The van der Waals surface area contributed by atoms with Gasteiger partial charge in [0.25, 0.3) is 6.54 Å². The summed E-state index contributed by atoms with van der Waals surface area (Å²) < 4.78 is 4.92. The zero-order chi connectivity index (χ0) is 8.81. The predicted molar refractivity (Wildman–Crippen MR) is 45.3 cm³/mol. The molecular weight excluding hydrogens is 152 g/mol. The molecule has 0 aromatic carbocycles. The van der Waals surface area contributed by atoms with Crippen LogP contribution in [0.3, 0.4) is 0 Å². The summed E-state index contributed by atoms with van der Waals surface area (Å²) >= 11 is 0. The van der Waals surface area contributed by atoms with Crippen molar-refractivity contribution in [2.24, 2.45) is 0 Å². The van der Waals surface area contributed by atoms with Crippen molar-refractivity contribution in [3.63, 3.8) is 0 Å². The highest BCUT2D eigenvalue weighted by Crippen LogP contribution is 2.01. The predicted octanol–water partition coefficient (Wildman–Crippen LogP) is 1.65. The van der Waals surface area contributed by atoms with Gasteiger partial charge in [-0.05, 0) is 12.1 Å². The second-order valence-corrected chi connectivity index (χ2v) is 2.37. The van der Waals surface area contributed by atoms with Crippen LogP contribution in [0, 0.1) is 6.57 Å². The summed E-state index contributed by atoms with van der Waals surface area (Å²) in [6.45, 7) is 7.52. The summed E-state index contributed by atoms with van der Waals surface area (Å²) in [5.74, 6) is 0. The molecule has 0 bridgehead atoms. The molecule has 3 nitrogen and oxygen atoms in total. The van der Waals surface area contributed by atoms with Crippen molar-refractivity contribution in [1.29, 1.82) is 0 Å². The van der Waals surface area contributed by atoms with Crippen molar-refractivity contribution in [2.45, 2.75) is 13.2 Å². The fraction of sp³-hybridized carbons (Fsp3) is 0.333. The van der Waals surface area contributed by atoms with E-state index < -0.39 is 0 Å². The summed E-state index contributed by atoms with van der Waals surface area (Å²) in [6, 6.07) is 5.62. The van der Waals surface area contributed by atoms with Crippen LogP contribution in [0.15, 0.2) is 18.2 Å². The van der Waals surface area contributed by atoms with Crippen molar-refractivity contribution in [3.8, 4) is 0 Å². The molecule has 0 aliphatic heterocycles. The molecule has 1 heterocycles. The third-order valence-corrected chi connectivity index (χ3v) is 1.40. The number of hydrogen-bond donors (Lipinski definition) is 0. The van der Waals surface area contributed by atoms with Gasteiger partial charge in [-0.25, -0.2) is 11.6 Å². The molecule has 1 aromatic heterocycles. The molecule has 0 aliphatic rings. The minimum absolute atomic E-state index is 0.345. The third kappa shape index (κ3) is 2.33. The Labute approximate surface area is 71.8 Å². The number of aromatic nitrogens is 1. The van der Waals surface area contributed by atoms with Gasteiger partial charge in [-0.1, -0.05) is 6.07 Å². The highest BCUT2D eigenvalue weighted by molar-refractivity contribution is 5.11. The number of ether oxygens (including phenoxy) is 1. The Morgan fingerprint density at radius 2 is 2.25 bits per heavy atom. The van der Waals surface area contributed by atoms with E-state index in [1.807, 2.05) is 18.2 Å². The van der Waals surface area contributed by atoms with Crippen molar-refractivity contribution in [1.82, 2.24) is 4.98 Å². The van der Waals surface area contributed by atoms with E-state index in [-0.39, 0.29) is 0 Å². The fourth-order valence-electron chi connectivity index (χ4n) is 0.927. The second-order valence-electron chi connectivity index (χ2n) is 2.37. The van der Waals surface area contributed by atoms with Crippen molar-refractivity contribution in [2.75, 3.05) is 7.11 Å². The van der Waals surface area contributed by atoms with E-state index in [1.54, 1.807) is 7.11 Å². The lowest BCUT2D eigenvalue weighted by Crippen LogP contribution is -1.94. The van der Waals surface area contributed by atoms with Crippen LogP contribution >= 0.6 is 0 Å². The van der Waals surface area contributed by atoms with E-state index in [4.69, 9.17) is 11.3 Å². The summed E-state index contributed by atoms with van der Waals surface area (Å²) in [4.78, 5) is 7.47. The van der Waals surface area contributed by atoms with Gasteiger partial charge in [0.2, 0.25) is 0 Å². The Kier molecular flexibility index (Phi) is 3.24. The maximum Gasteiger partial charge on any atom is 0.256 e. The van der Waals surface area contributed by atoms with Gasteiger partial charge in [0, 0.05) is 7.11 Å². The largest absolute Gasteiger partial charge is 0.378 e. The Balaban J connectivity index is 2.75. The van der Waals surface area contributed by atoms with Crippen molar-refractivity contribution >= 4 is 0 Å². The van der Waals surface area contributed by atoms with E-state index in [1.165, 1.54) is 0 Å². The summed E-state index contributed by atoms with van der Waals surface area (Å²) in [5, 5.41) is 0. The van der Waals surface area contributed by atoms with Gasteiger partial charge in [-0.2, -0.15) is 0 Å². The normalized spacial score (nSPS) is 9.33. The minimum Gasteiger partial charge on any atom is -0.378 e. The Morgan fingerprint density at radius 3 is 2.92 bits per heavy atom. The first-order chi connectivity index (χ1) is 5.86. The van der Waals surface area contributed by atoms with Crippen molar-refractivity contribution in [3.05, 3.63) is 41.0 Å². The molecule has 1 aromatic rings. The third-order valence-electron chi connectivity index (χ3n) is 1.40. The lowest BCUT2D eigenvalue weighted by atomic mass is 10.3. The average Bonchev–Trinajstić information content (AvgIpc) is 2.06. The zero-order valence-electron chi connectivity index (χ0n) is 6.95. The fourth-order valence-corrected chi connectivity index (χ4v) is 0.927. The first-order valence-corrected chi connectivity index (χ1v) is 3.64. The topological polar surface area (TPSA) is 26.5 Å². The van der Waals surface area contributed by atoms with Crippen LogP contribution in [0.2, 0.25) is 0 Å². The maximum atomic E-state index is 6.67. The van der Waals surface area contributed by atoms with Crippen LogP contribution in [0.25, 0.3) is 4.85 Å². The lowest BCUT2D eigenvalue weighted by Gasteiger charge is -1.98. The molecule has 12 heavy (non-hydrogen) atoms. The van der Waals surface area contributed by atoms with E-state index in [9.17, 15) is 0 Å². The molecule has 0 N–H and O–H groups in total. The van der Waals surface area contributed by atoms with Crippen LogP contribution in [0.1, 0.15) is 11.4 Å². The second kappa shape index (κ2) is 4.47. The van der Waals surface area contributed by atoms with Gasteiger partial charge in [0.15, 0.2) is 0 Å². The Bertz CT molecular complexity index is 291. The minimum atomic E-state index is 0.345. The van der Waals surface area contributed by atoms with Crippen molar-refractivity contribution < 1.29 is 4.74 Å². The molecule has 3 heteroatoms. The molecule has 0 spiro atoms. The maximum absolute atomic E-state index is 6.67. The molecular formula is C9H10N2O. The number of rotatable bonds is 3. The van der Waals surface area contributed by atoms with Gasteiger partial charge in [0.05, 0.1) is 12.3 Å². The quantitative estimate of drug-likeness (QED) is 0.632. The molecule has 1 rings (SSSR count). The molecule has 62 valence electrons. The molecule has 0 radical (unpaired) electrons. The van der Waals surface area contributed by atoms with Crippen LogP contribution in [0.5, 0.6) is 0 Å². The molecule has 0 fully saturated rings. The molecule has 0 unspecified atom stereocenters. The van der Waals surface area contributed by atoms with Gasteiger partial charge >= 0.3 is 0 Å². The van der Waals surface area contributed by atoms with Gasteiger partial charge in [0.1, 0.15) is 5.69 Å². The van der Waals surface area contributed by atoms with E-state index in [0.29, 0.717) is 13.2 Å². The van der Waals surface area contributed by atoms with Crippen LogP contribution < -0.4 is 0 Å².